The molecule has 8 heteroatoms. The van der Waals surface area contributed by atoms with Crippen molar-refractivity contribution < 1.29 is 23.9 Å². The average molecular weight is 279 g/mol. The summed E-state index contributed by atoms with van der Waals surface area (Å²) in [5.74, 6) is -0.240. The Labute approximate surface area is 114 Å². The molecule has 0 spiro atoms. The molecule has 2 rings (SSSR count). The number of methoxy groups -OCH3 is 2. The molecule has 1 aromatic heterocycles. The molecule has 1 heterocycles. The zero-order valence-electron chi connectivity index (χ0n) is 10.9. The number of aromatic nitrogens is 2. The number of phenols is 1. The number of hydrogen-bond donors (Lipinski definition) is 2. The molecule has 3 N–H and O–H groups in total. The highest BCUT2D eigenvalue weighted by molar-refractivity contribution is 5.94. The molecule has 0 radical (unpaired) electrons. The van der Waals surface area contributed by atoms with E-state index in [4.69, 9.17) is 15.0 Å². The minimum absolute atomic E-state index is 0.0772. The number of phenolic OH excluding ortho intramolecular Hbond substituents is 1. The monoisotopic (exact) mass is 279 g/mol. The van der Waals surface area contributed by atoms with E-state index >= 15 is 0 Å². The Morgan fingerprint density at radius 2 is 2.20 bits per heavy atom. The maximum Gasteiger partial charge on any atom is 0.341 e. The molecule has 0 aliphatic heterocycles. The van der Waals surface area contributed by atoms with Gasteiger partial charge in [0, 0.05) is 6.07 Å². The molecule has 0 fully saturated rings. The van der Waals surface area contributed by atoms with Gasteiger partial charge in [-0.3, -0.25) is 0 Å². The minimum Gasteiger partial charge on any atom is -0.507 e. The second kappa shape index (κ2) is 5.57. The average Bonchev–Trinajstić information content (AvgIpc) is 2.94. The molecule has 0 saturated carbocycles. The van der Waals surface area contributed by atoms with Crippen molar-refractivity contribution in [2.24, 2.45) is 5.73 Å². The third kappa shape index (κ3) is 2.41. The van der Waals surface area contributed by atoms with Crippen molar-refractivity contribution in [2.75, 3.05) is 14.2 Å². The van der Waals surface area contributed by atoms with Gasteiger partial charge in [-0.2, -0.15) is 4.98 Å². The lowest BCUT2D eigenvalue weighted by Gasteiger charge is -2.09. The predicted octanol–water partition coefficient (Wildman–Crippen LogP) is 0.696. The van der Waals surface area contributed by atoms with Gasteiger partial charge in [-0.15, -0.1) is 0 Å². The fraction of sp³-hybridized carbons (Fsp3) is 0.250. The first-order valence-corrected chi connectivity index (χ1v) is 5.63. The predicted molar refractivity (Wildman–Crippen MR) is 67.2 cm³/mol. The lowest BCUT2D eigenvalue weighted by atomic mass is 10.1. The number of carbonyl (C=O) groups is 1. The van der Waals surface area contributed by atoms with Crippen LogP contribution in [0, 0.1) is 0 Å². The zero-order chi connectivity index (χ0) is 14.7. The molecule has 0 bridgehead atoms. The standard InChI is InChI=1S/C12H13N3O5/c1-18-9-4-8(16)6(3-7(9)12(17)19-2)11-14-10(5-13)20-15-11/h3-4,16H,5,13H2,1-2H3. The number of rotatable bonds is 4. The Morgan fingerprint density at radius 1 is 1.45 bits per heavy atom. The zero-order valence-corrected chi connectivity index (χ0v) is 10.9. The lowest BCUT2D eigenvalue weighted by molar-refractivity contribution is 0.0597. The van der Waals surface area contributed by atoms with Crippen molar-refractivity contribution in [1.29, 1.82) is 0 Å². The van der Waals surface area contributed by atoms with Crippen molar-refractivity contribution in [1.82, 2.24) is 10.1 Å². The van der Waals surface area contributed by atoms with Crippen LogP contribution in [-0.2, 0) is 11.3 Å². The highest BCUT2D eigenvalue weighted by Gasteiger charge is 2.20. The second-order valence-corrected chi connectivity index (χ2v) is 3.78. The number of hydrogen-bond acceptors (Lipinski definition) is 8. The number of nitrogens with zero attached hydrogens (tertiary/aromatic N) is 2. The minimum atomic E-state index is -0.606. The van der Waals surface area contributed by atoms with Gasteiger partial charge < -0.3 is 24.8 Å². The van der Waals surface area contributed by atoms with E-state index in [-0.39, 0.29) is 40.9 Å². The van der Waals surface area contributed by atoms with Gasteiger partial charge in [0.1, 0.15) is 17.1 Å². The maximum absolute atomic E-state index is 11.7. The van der Waals surface area contributed by atoms with Gasteiger partial charge in [-0.25, -0.2) is 4.79 Å². The van der Waals surface area contributed by atoms with Crippen molar-refractivity contribution in [3.05, 3.63) is 23.6 Å². The first-order chi connectivity index (χ1) is 9.60. The number of benzene rings is 1. The van der Waals surface area contributed by atoms with E-state index in [2.05, 4.69) is 14.9 Å². The fourth-order valence-electron chi connectivity index (χ4n) is 1.63. The lowest BCUT2D eigenvalue weighted by Crippen LogP contribution is -2.04. The van der Waals surface area contributed by atoms with Gasteiger partial charge in [-0.1, -0.05) is 5.16 Å². The summed E-state index contributed by atoms with van der Waals surface area (Å²) in [6.07, 6.45) is 0. The van der Waals surface area contributed by atoms with Crippen LogP contribution < -0.4 is 10.5 Å². The summed E-state index contributed by atoms with van der Waals surface area (Å²) < 4.78 is 14.5. The van der Waals surface area contributed by atoms with Crippen LogP contribution in [0.5, 0.6) is 11.5 Å². The molecule has 0 atom stereocenters. The van der Waals surface area contributed by atoms with Crippen LogP contribution in [0.2, 0.25) is 0 Å². The Morgan fingerprint density at radius 3 is 2.75 bits per heavy atom. The Balaban J connectivity index is 2.55. The van der Waals surface area contributed by atoms with Gasteiger partial charge in [0.05, 0.1) is 26.3 Å². The van der Waals surface area contributed by atoms with E-state index in [0.717, 1.165) is 0 Å². The van der Waals surface area contributed by atoms with Crippen LogP contribution >= 0.6 is 0 Å². The molecule has 20 heavy (non-hydrogen) atoms. The third-order valence-corrected chi connectivity index (χ3v) is 2.61. The molecule has 0 aliphatic carbocycles. The van der Waals surface area contributed by atoms with E-state index in [9.17, 15) is 9.90 Å². The molecular weight excluding hydrogens is 266 g/mol. The smallest absolute Gasteiger partial charge is 0.341 e. The molecule has 0 saturated heterocycles. The van der Waals surface area contributed by atoms with Gasteiger partial charge in [-0.05, 0) is 6.07 Å². The summed E-state index contributed by atoms with van der Waals surface area (Å²) in [6, 6.07) is 2.64. The number of esters is 1. The number of carbonyl (C=O) groups excluding carboxylic acids is 1. The van der Waals surface area contributed by atoms with Gasteiger partial charge in [0.25, 0.3) is 0 Å². The van der Waals surface area contributed by atoms with Crippen molar-refractivity contribution in [3.8, 4) is 22.9 Å². The molecule has 8 nitrogen and oxygen atoms in total. The van der Waals surface area contributed by atoms with Crippen LogP contribution in [0.4, 0.5) is 0 Å². The molecule has 2 aromatic rings. The quantitative estimate of drug-likeness (QED) is 0.784. The van der Waals surface area contributed by atoms with E-state index in [1.54, 1.807) is 0 Å². The Bertz CT molecular complexity index is 638. The summed E-state index contributed by atoms with van der Waals surface area (Å²) in [5.41, 5.74) is 5.73. The summed E-state index contributed by atoms with van der Waals surface area (Å²) >= 11 is 0. The molecule has 106 valence electrons. The summed E-state index contributed by atoms with van der Waals surface area (Å²) in [4.78, 5) is 15.7. The molecular formula is C12H13N3O5. The fourth-order valence-corrected chi connectivity index (χ4v) is 1.63. The van der Waals surface area contributed by atoms with Crippen LogP contribution in [0.25, 0.3) is 11.4 Å². The van der Waals surface area contributed by atoms with E-state index < -0.39 is 5.97 Å². The summed E-state index contributed by atoms with van der Waals surface area (Å²) in [5, 5.41) is 13.6. The molecule has 1 aromatic carbocycles. The van der Waals surface area contributed by atoms with Gasteiger partial charge >= 0.3 is 5.97 Å². The van der Waals surface area contributed by atoms with E-state index in [1.807, 2.05) is 0 Å². The summed E-state index contributed by atoms with van der Waals surface area (Å²) in [6.45, 7) is 0.0772. The van der Waals surface area contributed by atoms with Crippen LogP contribution in [0.15, 0.2) is 16.7 Å². The Kier molecular flexibility index (Phi) is 3.85. The first-order valence-electron chi connectivity index (χ1n) is 5.63. The largest absolute Gasteiger partial charge is 0.507 e. The van der Waals surface area contributed by atoms with Gasteiger partial charge in [0.2, 0.25) is 11.7 Å². The normalized spacial score (nSPS) is 10.3. The topological polar surface area (TPSA) is 121 Å². The number of ether oxygens (including phenoxy) is 2. The van der Waals surface area contributed by atoms with Crippen molar-refractivity contribution >= 4 is 5.97 Å². The Hall–Kier alpha value is -2.61. The second-order valence-electron chi connectivity index (χ2n) is 3.78. The first kappa shape index (κ1) is 13.8. The van der Waals surface area contributed by atoms with Crippen molar-refractivity contribution in [3.63, 3.8) is 0 Å². The summed E-state index contributed by atoms with van der Waals surface area (Å²) in [7, 11) is 2.62. The van der Waals surface area contributed by atoms with Gasteiger partial charge in [0.15, 0.2) is 0 Å². The van der Waals surface area contributed by atoms with E-state index in [0.29, 0.717) is 0 Å². The maximum atomic E-state index is 11.7. The van der Waals surface area contributed by atoms with E-state index in [1.165, 1.54) is 26.4 Å². The third-order valence-electron chi connectivity index (χ3n) is 2.61. The number of nitrogens with two attached hydrogens (primary N) is 1. The van der Waals surface area contributed by atoms with Crippen LogP contribution in [0.1, 0.15) is 16.2 Å². The highest BCUT2D eigenvalue weighted by atomic mass is 16.5. The molecule has 0 unspecified atom stereocenters. The van der Waals surface area contributed by atoms with Crippen LogP contribution in [-0.4, -0.2) is 35.4 Å². The highest BCUT2D eigenvalue weighted by Crippen LogP contribution is 2.34. The molecule has 0 amide bonds. The van der Waals surface area contributed by atoms with Crippen LogP contribution in [0.3, 0.4) is 0 Å². The SMILES string of the molecule is COC(=O)c1cc(-c2noc(CN)n2)c(O)cc1OC. The number of aromatic hydroxyl groups is 1. The van der Waals surface area contributed by atoms with Crippen molar-refractivity contribution in [2.45, 2.75) is 6.54 Å². The molecule has 0 aliphatic rings.